The molecule has 1 aromatic heterocycles. The number of aliphatic hydroxyl groups is 2. The van der Waals surface area contributed by atoms with E-state index in [1.807, 2.05) is 0 Å². The summed E-state index contributed by atoms with van der Waals surface area (Å²) in [6, 6.07) is 3.04. The third-order valence-electron chi connectivity index (χ3n) is 2.88. The molecule has 5 N–H and O–H groups in total. The third-order valence-corrected chi connectivity index (χ3v) is 2.88. The smallest absolute Gasteiger partial charge is 0.407 e. The molecule has 1 amide bonds. The van der Waals surface area contributed by atoms with E-state index in [-0.39, 0.29) is 24.5 Å². The molecule has 1 rings (SSSR count). The zero-order valence-electron chi connectivity index (χ0n) is 13.9. The van der Waals surface area contributed by atoms with E-state index in [1.165, 1.54) is 19.2 Å². The first-order chi connectivity index (χ1) is 10.6. The predicted molar refractivity (Wildman–Crippen MR) is 85.0 cm³/mol. The summed E-state index contributed by atoms with van der Waals surface area (Å²) < 4.78 is 10.0. The Morgan fingerprint density at radius 1 is 1.39 bits per heavy atom. The average molecular weight is 327 g/mol. The Labute approximate surface area is 135 Å². The first kappa shape index (κ1) is 19.0. The van der Waals surface area contributed by atoms with Crippen molar-refractivity contribution in [3.8, 4) is 5.88 Å². The van der Waals surface area contributed by atoms with Crippen LogP contribution in [0.4, 0.5) is 10.5 Å². The molecule has 0 spiro atoms. The minimum atomic E-state index is -1.22. The Bertz CT molecular complexity index is 530. The molecule has 1 aromatic rings. The molecule has 0 aromatic carbocycles. The van der Waals surface area contributed by atoms with E-state index in [9.17, 15) is 15.0 Å². The Morgan fingerprint density at radius 2 is 2.04 bits per heavy atom. The van der Waals surface area contributed by atoms with Crippen LogP contribution >= 0.6 is 0 Å². The van der Waals surface area contributed by atoms with E-state index in [4.69, 9.17) is 15.2 Å². The molecular weight excluding hydrogens is 302 g/mol. The van der Waals surface area contributed by atoms with Crippen molar-refractivity contribution in [2.45, 2.75) is 45.0 Å². The van der Waals surface area contributed by atoms with Gasteiger partial charge in [-0.15, -0.1) is 0 Å². The number of anilines is 1. The van der Waals surface area contributed by atoms with Gasteiger partial charge in [-0.25, -0.2) is 9.78 Å². The Morgan fingerprint density at radius 3 is 2.61 bits per heavy atom. The number of ether oxygens (including phenoxy) is 2. The van der Waals surface area contributed by atoms with E-state index in [1.54, 1.807) is 20.8 Å². The highest BCUT2D eigenvalue weighted by Crippen LogP contribution is 2.23. The number of carbonyl (C=O) groups is 1. The number of pyridine rings is 1. The van der Waals surface area contributed by atoms with Crippen molar-refractivity contribution in [3.63, 3.8) is 0 Å². The molecule has 130 valence electrons. The molecule has 1 heterocycles. The lowest BCUT2D eigenvalue weighted by Gasteiger charge is -2.21. The lowest BCUT2D eigenvalue weighted by molar-refractivity contribution is 0.00971. The van der Waals surface area contributed by atoms with Gasteiger partial charge in [0.15, 0.2) is 0 Å². The maximum atomic E-state index is 11.5. The van der Waals surface area contributed by atoms with Crippen LogP contribution in [0.5, 0.6) is 5.88 Å². The van der Waals surface area contributed by atoms with Crippen LogP contribution in [0.1, 0.15) is 39.0 Å². The maximum Gasteiger partial charge on any atom is 0.407 e. The normalized spacial score (nSPS) is 14.0. The molecule has 0 aliphatic carbocycles. The second kappa shape index (κ2) is 7.98. The van der Waals surface area contributed by atoms with Crippen molar-refractivity contribution < 1.29 is 24.5 Å². The molecule has 0 radical (unpaired) electrons. The molecule has 2 unspecified atom stereocenters. The van der Waals surface area contributed by atoms with Gasteiger partial charge in [0, 0.05) is 6.54 Å². The standard InChI is InChI=1S/C15H25N3O5/c1-15(2,3)23-14(21)17-8-7-11(19)12(20)10-6-5-9(16)13(18-10)22-4/h5-6,11-12,19-20H,7-8,16H2,1-4H3,(H,17,21). The van der Waals surface area contributed by atoms with Crippen LogP contribution in [0.3, 0.4) is 0 Å². The van der Waals surface area contributed by atoms with Gasteiger partial charge in [-0.2, -0.15) is 0 Å². The number of carbonyl (C=O) groups excluding carboxylic acids is 1. The van der Waals surface area contributed by atoms with E-state index in [0.717, 1.165) is 0 Å². The topological polar surface area (TPSA) is 127 Å². The van der Waals surface area contributed by atoms with Gasteiger partial charge in [-0.1, -0.05) is 0 Å². The number of nitrogens with zero attached hydrogens (tertiary/aromatic N) is 1. The van der Waals surface area contributed by atoms with Crippen LogP contribution in [-0.4, -0.2) is 46.6 Å². The molecule has 0 saturated carbocycles. The van der Waals surface area contributed by atoms with Gasteiger partial charge < -0.3 is 30.7 Å². The Balaban J connectivity index is 2.51. The van der Waals surface area contributed by atoms with Gasteiger partial charge >= 0.3 is 6.09 Å². The van der Waals surface area contributed by atoms with Gasteiger partial charge in [0.1, 0.15) is 11.7 Å². The molecule has 0 aliphatic heterocycles. The van der Waals surface area contributed by atoms with E-state index in [2.05, 4.69) is 10.3 Å². The number of alkyl carbamates (subject to hydrolysis) is 1. The number of aromatic nitrogens is 1. The number of methoxy groups -OCH3 is 1. The number of amides is 1. The molecule has 0 aliphatic rings. The molecular formula is C15H25N3O5. The average Bonchev–Trinajstić information content (AvgIpc) is 2.45. The van der Waals surface area contributed by atoms with Crippen LogP contribution in [0.15, 0.2) is 12.1 Å². The summed E-state index contributed by atoms with van der Waals surface area (Å²) in [5.74, 6) is 0.181. The number of rotatable bonds is 6. The number of hydrogen-bond donors (Lipinski definition) is 4. The number of nitrogen functional groups attached to an aromatic ring is 1. The second-order valence-electron chi connectivity index (χ2n) is 6.06. The lowest BCUT2D eigenvalue weighted by Crippen LogP contribution is -2.34. The Hall–Kier alpha value is -2.06. The third kappa shape index (κ3) is 6.29. The molecule has 8 nitrogen and oxygen atoms in total. The fourth-order valence-corrected chi connectivity index (χ4v) is 1.79. The molecule has 0 fully saturated rings. The van der Waals surface area contributed by atoms with Crippen LogP contribution in [0.2, 0.25) is 0 Å². The minimum Gasteiger partial charge on any atom is -0.480 e. The number of nitrogens with one attached hydrogen (secondary N) is 1. The van der Waals surface area contributed by atoms with Crippen molar-refractivity contribution in [1.29, 1.82) is 0 Å². The second-order valence-corrected chi connectivity index (χ2v) is 6.06. The van der Waals surface area contributed by atoms with Gasteiger partial charge in [-0.3, -0.25) is 0 Å². The molecule has 0 bridgehead atoms. The highest BCUT2D eigenvalue weighted by molar-refractivity contribution is 5.67. The molecule has 23 heavy (non-hydrogen) atoms. The largest absolute Gasteiger partial charge is 0.480 e. The number of nitrogens with two attached hydrogens (primary N) is 1. The summed E-state index contributed by atoms with van der Waals surface area (Å²) in [5.41, 5.74) is 5.63. The minimum absolute atomic E-state index is 0.134. The highest BCUT2D eigenvalue weighted by Gasteiger charge is 2.21. The van der Waals surface area contributed by atoms with E-state index in [0.29, 0.717) is 5.69 Å². The van der Waals surface area contributed by atoms with Gasteiger partial charge in [0.2, 0.25) is 5.88 Å². The van der Waals surface area contributed by atoms with Crippen molar-refractivity contribution in [3.05, 3.63) is 17.8 Å². The maximum absolute atomic E-state index is 11.5. The highest BCUT2D eigenvalue weighted by atomic mass is 16.6. The fraction of sp³-hybridized carbons (Fsp3) is 0.600. The van der Waals surface area contributed by atoms with Crippen LogP contribution in [0, 0.1) is 0 Å². The molecule has 8 heteroatoms. The van der Waals surface area contributed by atoms with E-state index < -0.39 is 23.9 Å². The first-order valence-electron chi connectivity index (χ1n) is 7.27. The Kier molecular flexibility index (Phi) is 6.59. The van der Waals surface area contributed by atoms with Crippen molar-refractivity contribution in [1.82, 2.24) is 10.3 Å². The van der Waals surface area contributed by atoms with Crippen molar-refractivity contribution in [2.24, 2.45) is 0 Å². The lowest BCUT2D eigenvalue weighted by atomic mass is 10.1. The monoisotopic (exact) mass is 327 g/mol. The molecule has 0 saturated heterocycles. The van der Waals surface area contributed by atoms with Gasteiger partial charge in [-0.05, 0) is 39.3 Å². The summed E-state index contributed by atoms with van der Waals surface area (Å²) in [6.07, 6.45) is -2.77. The summed E-state index contributed by atoms with van der Waals surface area (Å²) in [4.78, 5) is 15.5. The number of aliphatic hydroxyl groups excluding tert-OH is 2. The van der Waals surface area contributed by atoms with Crippen LogP contribution < -0.4 is 15.8 Å². The van der Waals surface area contributed by atoms with Crippen molar-refractivity contribution in [2.75, 3.05) is 19.4 Å². The first-order valence-corrected chi connectivity index (χ1v) is 7.27. The summed E-state index contributed by atoms with van der Waals surface area (Å²) in [6.45, 7) is 5.42. The summed E-state index contributed by atoms with van der Waals surface area (Å²) >= 11 is 0. The molecule has 2 atom stereocenters. The zero-order chi connectivity index (χ0) is 17.6. The predicted octanol–water partition coefficient (Wildman–Crippen LogP) is 0.981. The number of hydrogen-bond acceptors (Lipinski definition) is 7. The summed E-state index contributed by atoms with van der Waals surface area (Å²) in [5, 5.41) is 22.6. The zero-order valence-corrected chi connectivity index (χ0v) is 13.9. The van der Waals surface area contributed by atoms with E-state index >= 15 is 0 Å². The van der Waals surface area contributed by atoms with Crippen molar-refractivity contribution >= 4 is 11.8 Å². The fourth-order valence-electron chi connectivity index (χ4n) is 1.79. The quantitative estimate of drug-likeness (QED) is 0.613. The van der Waals surface area contributed by atoms with Gasteiger partial charge in [0.05, 0.1) is 24.6 Å². The van der Waals surface area contributed by atoms with Gasteiger partial charge in [0.25, 0.3) is 0 Å². The van der Waals surface area contributed by atoms with Crippen LogP contribution in [-0.2, 0) is 4.74 Å². The van der Waals surface area contributed by atoms with Crippen LogP contribution in [0.25, 0.3) is 0 Å². The summed E-state index contributed by atoms with van der Waals surface area (Å²) in [7, 11) is 1.41. The SMILES string of the molecule is COc1nc(C(O)C(O)CCNC(=O)OC(C)(C)C)ccc1N.